The second-order valence-corrected chi connectivity index (χ2v) is 6.77. The maximum atomic E-state index is 12.8. The van der Waals surface area contributed by atoms with E-state index in [1.54, 1.807) is 17.4 Å². The van der Waals surface area contributed by atoms with Crippen molar-refractivity contribution in [2.24, 2.45) is 0 Å². The van der Waals surface area contributed by atoms with Gasteiger partial charge in [0.1, 0.15) is 0 Å². The molecule has 4 nitrogen and oxygen atoms in total. The Morgan fingerprint density at radius 1 is 1.15 bits per heavy atom. The number of likely N-dealkylation sites (N-methyl/N-ethyl adjacent to an activating group) is 1. The van der Waals surface area contributed by atoms with Crippen LogP contribution in [0, 0.1) is 0 Å². The molecule has 0 aliphatic heterocycles. The fourth-order valence-electron chi connectivity index (χ4n) is 2.98. The molecule has 2 aromatic carbocycles. The SMILES string of the molecule is CN(CCn1ccnc1)C(=O)C[C@H](c1ccccc1)c1cccc(Cl)c1. The summed E-state index contributed by atoms with van der Waals surface area (Å²) >= 11 is 6.18. The number of hydrogen-bond donors (Lipinski definition) is 0. The van der Waals surface area contributed by atoms with Crippen LogP contribution in [0.1, 0.15) is 23.5 Å². The van der Waals surface area contributed by atoms with E-state index in [4.69, 9.17) is 11.6 Å². The van der Waals surface area contributed by atoms with Crippen molar-refractivity contribution in [3.05, 3.63) is 89.5 Å². The van der Waals surface area contributed by atoms with Crippen LogP contribution in [0.25, 0.3) is 0 Å². The molecule has 134 valence electrons. The van der Waals surface area contributed by atoms with Crippen molar-refractivity contribution in [3.8, 4) is 0 Å². The summed E-state index contributed by atoms with van der Waals surface area (Å²) < 4.78 is 1.97. The standard InChI is InChI=1S/C21H22ClN3O/c1-24(12-13-25-11-10-23-16-25)21(26)15-20(17-6-3-2-4-7-17)18-8-5-9-19(22)14-18/h2-11,14,16,20H,12-13,15H2,1H3/t20-/m1/s1. The van der Waals surface area contributed by atoms with Gasteiger partial charge < -0.3 is 9.47 Å². The number of halogens is 1. The zero-order valence-electron chi connectivity index (χ0n) is 14.8. The van der Waals surface area contributed by atoms with E-state index in [9.17, 15) is 4.79 Å². The van der Waals surface area contributed by atoms with E-state index >= 15 is 0 Å². The van der Waals surface area contributed by atoms with Gasteiger partial charge in [-0.15, -0.1) is 0 Å². The normalized spacial score (nSPS) is 11.9. The predicted molar refractivity (Wildman–Crippen MR) is 104 cm³/mol. The minimum atomic E-state index is -0.0157. The Balaban J connectivity index is 1.73. The predicted octanol–water partition coefficient (Wildman–Crippen LogP) is 4.22. The largest absolute Gasteiger partial charge is 0.344 e. The van der Waals surface area contributed by atoms with Gasteiger partial charge in [0.2, 0.25) is 5.91 Å². The third-order valence-corrected chi connectivity index (χ3v) is 4.75. The lowest BCUT2D eigenvalue weighted by Crippen LogP contribution is -2.31. The number of benzene rings is 2. The van der Waals surface area contributed by atoms with Crippen molar-refractivity contribution in [1.82, 2.24) is 14.5 Å². The molecule has 26 heavy (non-hydrogen) atoms. The average molecular weight is 368 g/mol. The van der Waals surface area contributed by atoms with Crippen LogP contribution >= 0.6 is 11.6 Å². The topological polar surface area (TPSA) is 38.1 Å². The zero-order valence-corrected chi connectivity index (χ0v) is 15.5. The Labute approximate surface area is 159 Å². The molecule has 3 rings (SSSR count). The fourth-order valence-corrected chi connectivity index (χ4v) is 3.18. The molecule has 1 amide bonds. The maximum absolute atomic E-state index is 12.8. The number of carbonyl (C=O) groups excluding carboxylic acids is 1. The van der Waals surface area contributed by atoms with Crippen LogP contribution < -0.4 is 0 Å². The molecule has 0 fully saturated rings. The van der Waals surface area contributed by atoms with Crippen LogP contribution in [-0.4, -0.2) is 34.0 Å². The molecular formula is C21H22ClN3O. The highest BCUT2D eigenvalue weighted by atomic mass is 35.5. The van der Waals surface area contributed by atoms with E-state index in [1.165, 1.54) is 0 Å². The van der Waals surface area contributed by atoms with Crippen LogP contribution in [0.3, 0.4) is 0 Å². The quantitative estimate of drug-likeness (QED) is 0.627. The molecule has 0 saturated carbocycles. The molecule has 1 atom stereocenters. The van der Waals surface area contributed by atoms with Gasteiger partial charge in [-0.3, -0.25) is 4.79 Å². The number of amides is 1. The van der Waals surface area contributed by atoms with Crippen LogP contribution in [0.5, 0.6) is 0 Å². The lowest BCUT2D eigenvalue weighted by atomic mass is 9.88. The first-order valence-corrected chi connectivity index (χ1v) is 9.01. The molecule has 0 saturated heterocycles. The van der Waals surface area contributed by atoms with Crippen LogP contribution in [0.2, 0.25) is 5.02 Å². The molecule has 0 aliphatic carbocycles. The third-order valence-electron chi connectivity index (χ3n) is 4.51. The van der Waals surface area contributed by atoms with E-state index in [0.29, 0.717) is 18.0 Å². The second kappa shape index (κ2) is 8.68. The van der Waals surface area contributed by atoms with E-state index in [2.05, 4.69) is 17.1 Å². The molecule has 0 unspecified atom stereocenters. The van der Waals surface area contributed by atoms with Gasteiger partial charge in [-0.2, -0.15) is 0 Å². The number of hydrogen-bond acceptors (Lipinski definition) is 2. The van der Waals surface area contributed by atoms with Crippen LogP contribution in [0.4, 0.5) is 0 Å². The van der Waals surface area contributed by atoms with E-state index in [0.717, 1.165) is 17.7 Å². The minimum absolute atomic E-state index is 0.0157. The van der Waals surface area contributed by atoms with E-state index in [1.807, 2.05) is 60.3 Å². The first kappa shape index (κ1) is 18.2. The highest BCUT2D eigenvalue weighted by Crippen LogP contribution is 2.30. The molecular weight excluding hydrogens is 346 g/mol. The molecule has 0 spiro atoms. The molecule has 0 N–H and O–H groups in total. The first-order valence-electron chi connectivity index (χ1n) is 8.63. The van der Waals surface area contributed by atoms with Gasteiger partial charge in [0.05, 0.1) is 6.33 Å². The lowest BCUT2D eigenvalue weighted by molar-refractivity contribution is -0.130. The molecule has 0 radical (unpaired) electrons. The van der Waals surface area contributed by atoms with Crippen molar-refractivity contribution in [2.45, 2.75) is 18.9 Å². The number of nitrogens with zero attached hydrogens (tertiary/aromatic N) is 3. The molecule has 1 heterocycles. The Morgan fingerprint density at radius 3 is 2.62 bits per heavy atom. The molecule has 0 aliphatic rings. The molecule has 0 bridgehead atoms. The summed E-state index contributed by atoms with van der Waals surface area (Å²) in [6, 6.07) is 17.9. The summed E-state index contributed by atoms with van der Waals surface area (Å²) in [6.45, 7) is 1.38. The lowest BCUT2D eigenvalue weighted by Gasteiger charge is -2.23. The van der Waals surface area contributed by atoms with Crippen molar-refractivity contribution < 1.29 is 4.79 Å². The highest BCUT2D eigenvalue weighted by molar-refractivity contribution is 6.30. The summed E-state index contributed by atoms with van der Waals surface area (Å²) in [5, 5.41) is 0.685. The van der Waals surface area contributed by atoms with Gasteiger partial charge >= 0.3 is 0 Å². The van der Waals surface area contributed by atoms with Gasteiger partial charge in [0.25, 0.3) is 0 Å². The summed E-state index contributed by atoms with van der Waals surface area (Å²) in [5.41, 5.74) is 2.17. The Morgan fingerprint density at radius 2 is 1.92 bits per heavy atom. The van der Waals surface area contributed by atoms with Gasteiger partial charge in [-0.25, -0.2) is 4.98 Å². The third kappa shape index (κ3) is 4.73. The first-order chi connectivity index (χ1) is 12.6. The van der Waals surface area contributed by atoms with Crippen molar-refractivity contribution >= 4 is 17.5 Å². The van der Waals surface area contributed by atoms with Crippen LogP contribution in [0.15, 0.2) is 73.3 Å². The number of carbonyl (C=O) groups is 1. The Kier molecular flexibility index (Phi) is 6.08. The van der Waals surface area contributed by atoms with Crippen molar-refractivity contribution in [2.75, 3.05) is 13.6 Å². The van der Waals surface area contributed by atoms with E-state index < -0.39 is 0 Å². The molecule has 5 heteroatoms. The zero-order chi connectivity index (χ0) is 18.4. The minimum Gasteiger partial charge on any atom is -0.344 e. The van der Waals surface area contributed by atoms with Gasteiger partial charge in [-0.1, -0.05) is 54.1 Å². The van der Waals surface area contributed by atoms with Crippen molar-refractivity contribution in [3.63, 3.8) is 0 Å². The fraction of sp³-hybridized carbons (Fsp3) is 0.238. The number of imidazole rings is 1. The van der Waals surface area contributed by atoms with E-state index in [-0.39, 0.29) is 11.8 Å². The molecule has 3 aromatic rings. The monoisotopic (exact) mass is 367 g/mol. The average Bonchev–Trinajstić information content (AvgIpc) is 3.18. The maximum Gasteiger partial charge on any atom is 0.223 e. The van der Waals surface area contributed by atoms with Crippen molar-refractivity contribution in [1.29, 1.82) is 0 Å². The highest BCUT2D eigenvalue weighted by Gasteiger charge is 2.20. The van der Waals surface area contributed by atoms with Gasteiger partial charge in [0.15, 0.2) is 0 Å². The Bertz CT molecular complexity index is 833. The number of rotatable bonds is 7. The summed E-state index contributed by atoms with van der Waals surface area (Å²) in [7, 11) is 1.85. The summed E-state index contributed by atoms with van der Waals surface area (Å²) in [6.07, 6.45) is 5.81. The van der Waals surface area contributed by atoms with Crippen LogP contribution in [-0.2, 0) is 11.3 Å². The number of aromatic nitrogens is 2. The molecule has 1 aromatic heterocycles. The second-order valence-electron chi connectivity index (χ2n) is 6.34. The van der Waals surface area contributed by atoms with Gasteiger partial charge in [0, 0.05) is 49.9 Å². The smallest absolute Gasteiger partial charge is 0.223 e. The van der Waals surface area contributed by atoms with Gasteiger partial charge in [-0.05, 0) is 23.3 Å². The summed E-state index contributed by atoms with van der Waals surface area (Å²) in [4.78, 5) is 18.6. The Hall–Kier alpha value is -2.59. The summed E-state index contributed by atoms with van der Waals surface area (Å²) in [5.74, 6) is 0.0945.